The molecule has 26 heavy (non-hydrogen) atoms. The fourth-order valence-corrected chi connectivity index (χ4v) is 4.46. The Bertz CT molecular complexity index is 937. The lowest BCUT2D eigenvalue weighted by Crippen LogP contribution is -2.32. The van der Waals surface area contributed by atoms with Crippen LogP contribution in [0.15, 0.2) is 53.9 Å². The molecule has 0 spiro atoms. The summed E-state index contributed by atoms with van der Waals surface area (Å²) in [4.78, 5) is 17.1. The number of fused-ring (bicyclic) bond motifs is 1. The van der Waals surface area contributed by atoms with Gasteiger partial charge in [-0.1, -0.05) is 48.0 Å². The summed E-state index contributed by atoms with van der Waals surface area (Å²) in [6.45, 7) is 0. The minimum atomic E-state index is 0.0228. The molecule has 1 aromatic heterocycles. The maximum Gasteiger partial charge on any atom is 0.226 e. The molecule has 1 heterocycles. The predicted octanol–water partition coefficient (Wildman–Crippen LogP) is 5.20. The Morgan fingerprint density at radius 1 is 1.23 bits per heavy atom. The molecule has 1 N–H and O–H groups in total. The van der Waals surface area contributed by atoms with Crippen LogP contribution < -0.4 is 5.32 Å². The van der Waals surface area contributed by atoms with Crippen molar-refractivity contribution in [3.05, 3.63) is 75.8 Å². The Hall–Kier alpha value is -2.17. The van der Waals surface area contributed by atoms with Crippen LogP contribution in [0, 0.1) is 0 Å². The Labute approximate surface area is 162 Å². The van der Waals surface area contributed by atoms with Crippen LogP contribution in [0.1, 0.15) is 35.7 Å². The van der Waals surface area contributed by atoms with E-state index in [9.17, 15) is 4.79 Å². The fourth-order valence-electron chi connectivity index (χ4n) is 3.46. The summed E-state index contributed by atoms with van der Waals surface area (Å²) in [5, 5.41) is 6.71. The molecular formula is C21H19ClN2OS. The number of rotatable bonds is 4. The number of carbonyl (C=O) groups excluding carboxylic acids is 1. The molecule has 0 aliphatic heterocycles. The second kappa shape index (κ2) is 7.60. The Balaban J connectivity index is 1.43. The lowest BCUT2D eigenvalue weighted by molar-refractivity contribution is -0.121. The van der Waals surface area contributed by atoms with Crippen molar-refractivity contribution in [1.82, 2.24) is 10.3 Å². The van der Waals surface area contributed by atoms with Gasteiger partial charge >= 0.3 is 0 Å². The molecule has 1 atom stereocenters. The van der Waals surface area contributed by atoms with Crippen molar-refractivity contribution in [1.29, 1.82) is 0 Å². The predicted molar refractivity (Wildman–Crippen MR) is 107 cm³/mol. The third-order valence-corrected chi connectivity index (χ3v) is 5.84. The van der Waals surface area contributed by atoms with Crippen molar-refractivity contribution in [2.45, 2.75) is 31.7 Å². The van der Waals surface area contributed by atoms with Gasteiger partial charge in [0.15, 0.2) is 0 Å². The van der Waals surface area contributed by atoms with Crippen molar-refractivity contribution in [3.8, 4) is 10.6 Å². The second-order valence-electron chi connectivity index (χ2n) is 6.54. The van der Waals surface area contributed by atoms with Crippen LogP contribution in [0.5, 0.6) is 0 Å². The number of nitrogens with zero attached hydrogens (tertiary/aromatic N) is 1. The molecule has 0 saturated heterocycles. The summed E-state index contributed by atoms with van der Waals surface area (Å²) in [6, 6.07) is 16.1. The highest BCUT2D eigenvalue weighted by molar-refractivity contribution is 7.13. The van der Waals surface area contributed by atoms with Crippen molar-refractivity contribution < 1.29 is 4.79 Å². The van der Waals surface area contributed by atoms with Crippen LogP contribution in [-0.4, -0.2) is 10.9 Å². The summed E-state index contributed by atoms with van der Waals surface area (Å²) in [5.41, 5.74) is 4.38. The number of thiazole rings is 1. The number of halogens is 1. The number of hydrogen-bond acceptors (Lipinski definition) is 3. The van der Waals surface area contributed by atoms with Crippen molar-refractivity contribution in [2.75, 3.05) is 0 Å². The van der Waals surface area contributed by atoms with Gasteiger partial charge in [-0.15, -0.1) is 11.3 Å². The molecule has 1 amide bonds. The number of nitrogens with one attached hydrogen (secondary N) is 1. The molecule has 3 nitrogen and oxygen atoms in total. The first-order valence-electron chi connectivity index (χ1n) is 8.76. The third-order valence-electron chi connectivity index (χ3n) is 4.67. The van der Waals surface area contributed by atoms with E-state index in [0.29, 0.717) is 11.4 Å². The van der Waals surface area contributed by atoms with Crippen LogP contribution in [0.25, 0.3) is 10.6 Å². The fraction of sp³-hybridized carbons (Fsp3) is 0.238. The summed E-state index contributed by atoms with van der Waals surface area (Å²) < 4.78 is 0. The van der Waals surface area contributed by atoms with E-state index < -0.39 is 0 Å². The van der Waals surface area contributed by atoms with Crippen molar-refractivity contribution in [3.63, 3.8) is 0 Å². The van der Waals surface area contributed by atoms with Crippen LogP contribution in [0.3, 0.4) is 0 Å². The molecule has 0 bridgehead atoms. The summed E-state index contributed by atoms with van der Waals surface area (Å²) in [6.07, 6.45) is 3.50. The zero-order chi connectivity index (χ0) is 17.9. The Kier molecular flexibility index (Phi) is 5.05. The summed E-state index contributed by atoms with van der Waals surface area (Å²) in [7, 11) is 0. The van der Waals surface area contributed by atoms with Gasteiger partial charge in [-0.25, -0.2) is 4.98 Å². The van der Waals surface area contributed by atoms with E-state index in [0.717, 1.165) is 35.5 Å². The van der Waals surface area contributed by atoms with Crippen LogP contribution in [0.4, 0.5) is 0 Å². The number of carbonyl (C=O) groups is 1. The number of hydrogen-bond donors (Lipinski definition) is 1. The molecule has 0 unspecified atom stereocenters. The highest BCUT2D eigenvalue weighted by Crippen LogP contribution is 2.30. The van der Waals surface area contributed by atoms with E-state index in [-0.39, 0.29) is 11.9 Å². The monoisotopic (exact) mass is 382 g/mol. The third kappa shape index (κ3) is 3.81. The van der Waals surface area contributed by atoms with E-state index in [1.807, 2.05) is 35.7 Å². The summed E-state index contributed by atoms with van der Waals surface area (Å²) >= 11 is 7.59. The zero-order valence-electron chi connectivity index (χ0n) is 14.2. The number of amides is 1. The number of aromatic nitrogens is 1. The molecule has 0 fully saturated rings. The van der Waals surface area contributed by atoms with Gasteiger partial charge in [-0.3, -0.25) is 4.79 Å². The average molecular weight is 383 g/mol. The molecule has 1 aliphatic carbocycles. The normalized spacial score (nSPS) is 16.1. The van der Waals surface area contributed by atoms with Gasteiger partial charge in [0.25, 0.3) is 0 Å². The molecule has 1 aliphatic rings. The average Bonchev–Trinajstić information content (AvgIpc) is 3.10. The molecule has 5 heteroatoms. The van der Waals surface area contributed by atoms with Gasteiger partial charge in [0.1, 0.15) is 5.01 Å². The number of benzene rings is 2. The van der Waals surface area contributed by atoms with Crippen LogP contribution in [0.2, 0.25) is 5.02 Å². The zero-order valence-corrected chi connectivity index (χ0v) is 15.8. The summed E-state index contributed by atoms with van der Waals surface area (Å²) in [5.74, 6) is 0.0228. The van der Waals surface area contributed by atoms with E-state index >= 15 is 0 Å². The van der Waals surface area contributed by atoms with Gasteiger partial charge in [-0.2, -0.15) is 0 Å². The second-order valence-corrected chi connectivity index (χ2v) is 7.84. The molecule has 4 rings (SSSR count). The Morgan fingerprint density at radius 3 is 3.00 bits per heavy atom. The minimum Gasteiger partial charge on any atom is -0.349 e. The highest BCUT2D eigenvalue weighted by atomic mass is 35.5. The van der Waals surface area contributed by atoms with Crippen LogP contribution in [-0.2, 0) is 17.6 Å². The molecule has 0 saturated carbocycles. The molecule has 0 radical (unpaired) electrons. The van der Waals surface area contributed by atoms with Crippen LogP contribution >= 0.6 is 22.9 Å². The molecular weight excluding hydrogens is 364 g/mol. The largest absolute Gasteiger partial charge is 0.349 e. The Morgan fingerprint density at radius 2 is 2.12 bits per heavy atom. The van der Waals surface area contributed by atoms with Gasteiger partial charge in [-0.05, 0) is 42.5 Å². The van der Waals surface area contributed by atoms with Crippen molar-refractivity contribution in [2.24, 2.45) is 0 Å². The quantitative estimate of drug-likeness (QED) is 0.673. The van der Waals surface area contributed by atoms with Gasteiger partial charge in [0, 0.05) is 16.0 Å². The van der Waals surface area contributed by atoms with Gasteiger partial charge < -0.3 is 5.32 Å². The standard InChI is InChI=1S/C21H19ClN2OS/c22-16-8-3-7-15(11-16)21-23-17(13-26-21)12-20(25)24-19-10-4-6-14-5-1-2-9-18(14)19/h1-3,5,7-9,11,13,19H,4,6,10,12H2,(H,24,25)/t19-/m0/s1. The maximum absolute atomic E-state index is 12.5. The van der Waals surface area contributed by atoms with E-state index in [2.05, 4.69) is 28.5 Å². The van der Waals surface area contributed by atoms with E-state index in [1.165, 1.54) is 22.5 Å². The maximum atomic E-state index is 12.5. The first kappa shape index (κ1) is 17.3. The number of aryl methyl sites for hydroxylation is 1. The molecule has 132 valence electrons. The smallest absolute Gasteiger partial charge is 0.226 e. The van der Waals surface area contributed by atoms with E-state index in [1.54, 1.807) is 0 Å². The minimum absolute atomic E-state index is 0.0228. The SMILES string of the molecule is O=C(Cc1csc(-c2cccc(Cl)c2)n1)N[C@H]1CCCc2ccccc21. The van der Waals surface area contributed by atoms with E-state index in [4.69, 9.17) is 11.6 Å². The molecule has 3 aromatic rings. The van der Waals surface area contributed by atoms with Crippen molar-refractivity contribution >= 4 is 28.8 Å². The first-order valence-corrected chi connectivity index (χ1v) is 10.0. The first-order chi connectivity index (χ1) is 12.7. The van der Waals surface area contributed by atoms with Gasteiger partial charge in [0.2, 0.25) is 5.91 Å². The lowest BCUT2D eigenvalue weighted by atomic mass is 9.87. The lowest BCUT2D eigenvalue weighted by Gasteiger charge is -2.26. The highest BCUT2D eigenvalue weighted by Gasteiger charge is 2.21. The molecule has 2 aromatic carbocycles. The van der Waals surface area contributed by atoms with Gasteiger partial charge in [0.05, 0.1) is 18.2 Å². The topological polar surface area (TPSA) is 42.0 Å².